The Labute approximate surface area is 184 Å². The first-order valence-corrected chi connectivity index (χ1v) is 11.6. The van der Waals surface area contributed by atoms with Gasteiger partial charge in [0.2, 0.25) is 11.8 Å². The molecule has 5 atom stereocenters. The average Bonchev–Trinajstić information content (AvgIpc) is 2.65. The Bertz CT molecular complexity index is 825. The third-order valence-electron chi connectivity index (χ3n) is 7.05. The van der Waals surface area contributed by atoms with Crippen molar-refractivity contribution in [3.8, 4) is 0 Å². The highest BCUT2D eigenvalue weighted by Gasteiger charge is 2.49. The molecule has 0 aliphatic heterocycles. The van der Waals surface area contributed by atoms with E-state index in [9.17, 15) is 9.59 Å². The molecule has 0 radical (unpaired) electrons. The van der Waals surface area contributed by atoms with Crippen molar-refractivity contribution in [1.29, 1.82) is 0 Å². The van der Waals surface area contributed by atoms with E-state index >= 15 is 0 Å². The number of nitrogens with two attached hydrogens (primary N) is 2. The van der Waals surface area contributed by atoms with Gasteiger partial charge >= 0.3 is 0 Å². The number of amides is 2. The van der Waals surface area contributed by atoms with Gasteiger partial charge in [-0.1, -0.05) is 19.9 Å². The zero-order chi connectivity index (χ0) is 22.3. The second-order valence-electron chi connectivity index (χ2n) is 10.3. The molecule has 0 saturated heterocycles. The normalized spacial score (nSPS) is 31.2. The van der Waals surface area contributed by atoms with Crippen molar-refractivity contribution in [2.24, 2.45) is 28.9 Å². The Balaban J connectivity index is 1.65. The molecule has 5 unspecified atom stereocenters. The van der Waals surface area contributed by atoms with Crippen molar-refractivity contribution in [3.05, 3.63) is 23.8 Å². The lowest BCUT2D eigenvalue weighted by Crippen LogP contribution is -2.59. The van der Waals surface area contributed by atoms with Gasteiger partial charge in [0.05, 0.1) is 0 Å². The van der Waals surface area contributed by atoms with E-state index in [1.54, 1.807) is 0 Å². The Morgan fingerprint density at radius 3 is 2.57 bits per heavy atom. The van der Waals surface area contributed by atoms with Crippen molar-refractivity contribution >= 4 is 29.4 Å². The molecule has 2 bridgehead atoms. The standard InChI is InChI=1S/C23H36N4O2S/c1-13-6-7-17(10-18(13)24)30-27-22(3,4)21(29)26-19-14(2)8-15-9-16(19)12-23(5,11-15)20(25)28/h6-7,10,14-16,19,27H,8-9,11-12,24H2,1-5H3,(H2,25,28)(H,26,29). The second kappa shape index (κ2) is 8.42. The van der Waals surface area contributed by atoms with Crippen molar-refractivity contribution in [2.45, 2.75) is 76.8 Å². The maximum atomic E-state index is 13.2. The summed E-state index contributed by atoms with van der Waals surface area (Å²) in [4.78, 5) is 26.2. The molecule has 0 spiro atoms. The molecule has 7 heteroatoms. The Morgan fingerprint density at radius 2 is 1.93 bits per heavy atom. The van der Waals surface area contributed by atoms with Crippen molar-refractivity contribution in [1.82, 2.24) is 10.0 Å². The van der Waals surface area contributed by atoms with Gasteiger partial charge in [0.25, 0.3) is 0 Å². The van der Waals surface area contributed by atoms with E-state index in [-0.39, 0.29) is 23.8 Å². The Hall–Kier alpha value is -1.73. The first-order valence-electron chi connectivity index (χ1n) is 10.8. The first kappa shape index (κ1) is 22.9. The predicted octanol–water partition coefficient (Wildman–Crippen LogP) is 3.39. The predicted molar refractivity (Wildman–Crippen MR) is 123 cm³/mol. The Kier molecular flexibility index (Phi) is 6.44. The van der Waals surface area contributed by atoms with Gasteiger partial charge in [-0.15, -0.1) is 0 Å². The van der Waals surface area contributed by atoms with Gasteiger partial charge in [-0.2, -0.15) is 0 Å². The van der Waals surface area contributed by atoms with Crippen LogP contribution in [0.5, 0.6) is 0 Å². The van der Waals surface area contributed by atoms with Crippen molar-refractivity contribution < 1.29 is 9.59 Å². The van der Waals surface area contributed by atoms with Crippen LogP contribution in [0.15, 0.2) is 23.1 Å². The third kappa shape index (κ3) is 4.78. The first-order chi connectivity index (χ1) is 13.9. The lowest BCUT2D eigenvalue weighted by Gasteiger charge is -2.50. The van der Waals surface area contributed by atoms with Gasteiger partial charge in [0.1, 0.15) is 5.54 Å². The molecular weight excluding hydrogens is 396 g/mol. The van der Waals surface area contributed by atoms with Crippen LogP contribution in [-0.2, 0) is 9.59 Å². The number of fused-ring (bicyclic) bond motifs is 2. The van der Waals surface area contributed by atoms with E-state index in [0.717, 1.165) is 41.8 Å². The highest BCUT2D eigenvalue weighted by atomic mass is 32.2. The molecule has 3 rings (SSSR count). The number of carbonyl (C=O) groups is 2. The molecule has 6 nitrogen and oxygen atoms in total. The molecule has 30 heavy (non-hydrogen) atoms. The number of hydrogen-bond donors (Lipinski definition) is 4. The quantitative estimate of drug-likeness (QED) is 0.407. The van der Waals surface area contributed by atoms with Crippen LogP contribution in [0.4, 0.5) is 5.69 Å². The summed E-state index contributed by atoms with van der Waals surface area (Å²) in [6, 6.07) is 5.95. The number of carbonyl (C=O) groups excluding carboxylic acids is 2. The number of nitrogen functional groups attached to an aromatic ring is 1. The van der Waals surface area contributed by atoms with Gasteiger partial charge in [-0.05, 0) is 93.9 Å². The molecule has 0 heterocycles. The zero-order valence-electron chi connectivity index (χ0n) is 18.7. The van der Waals surface area contributed by atoms with Crippen molar-refractivity contribution in [2.75, 3.05) is 5.73 Å². The number of primary amides is 1. The van der Waals surface area contributed by atoms with Crippen LogP contribution >= 0.6 is 11.9 Å². The molecule has 2 aliphatic rings. The minimum Gasteiger partial charge on any atom is -0.398 e. The van der Waals surface area contributed by atoms with Crippen LogP contribution in [0.25, 0.3) is 0 Å². The molecule has 1 aromatic carbocycles. The van der Waals surface area contributed by atoms with Gasteiger partial charge in [-0.3, -0.25) is 9.59 Å². The smallest absolute Gasteiger partial charge is 0.240 e. The molecule has 6 N–H and O–H groups in total. The van der Waals surface area contributed by atoms with Crippen LogP contribution < -0.4 is 21.5 Å². The number of rotatable bonds is 6. The van der Waals surface area contributed by atoms with E-state index in [1.807, 2.05) is 45.9 Å². The topological polar surface area (TPSA) is 110 Å². The van der Waals surface area contributed by atoms with E-state index in [4.69, 9.17) is 11.5 Å². The minimum absolute atomic E-state index is 0.0308. The molecule has 2 aliphatic carbocycles. The molecule has 2 amide bonds. The van der Waals surface area contributed by atoms with Crippen LogP contribution in [-0.4, -0.2) is 23.4 Å². The summed E-state index contributed by atoms with van der Waals surface area (Å²) in [5, 5.41) is 3.31. The summed E-state index contributed by atoms with van der Waals surface area (Å²) in [6.07, 6.45) is 3.70. The maximum absolute atomic E-state index is 13.2. The number of nitrogens with one attached hydrogen (secondary N) is 2. The van der Waals surface area contributed by atoms with E-state index in [1.165, 1.54) is 11.9 Å². The molecule has 2 saturated carbocycles. The van der Waals surface area contributed by atoms with Gasteiger partial charge in [-0.25, -0.2) is 4.72 Å². The number of hydrogen-bond acceptors (Lipinski definition) is 5. The average molecular weight is 433 g/mol. The molecule has 2 fully saturated rings. The zero-order valence-corrected chi connectivity index (χ0v) is 19.6. The lowest BCUT2D eigenvalue weighted by molar-refractivity contribution is -0.134. The van der Waals surface area contributed by atoms with Gasteiger partial charge in [0.15, 0.2) is 0 Å². The van der Waals surface area contributed by atoms with Crippen LogP contribution in [0.3, 0.4) is 0 Å². The van der Waals surface area contributed by atoms with E-state index in [0.29, 0.717) is 11.8 Å². The minimum atomic E-state index is -0.761. The van der Waals surface area contributed by atoms with E-state index in [2.05, 4.69) is 17.0 Å². The summed E-state index contributed by atoms with van der Waals surface area (Å²) in [6.45, 7) is 9.94. The maximum Gasteiger partial charge on any atom is 0.240 e. The monoisotopic (exact) mass is 432 g/mol. The SMILES string of the molecule is Cc1ccc(SNC(C)(C)C(=O)NC2C(C)CC3CC2CC(C)(C(N)=O)C3)cc1N. The van der Waals surface area contributed by atoms with E-state index < -0.39 is 11.0 Å². The van der Waals surface area contributed by atoms with Crippen LogP contribution in [0, 0.1) is 30.1 Å². The Morgan fingerprint density at radius 1 is 1.23 bits per heavy atom. The second-order valence-corrected chi connectivity index (χ2v) is 11.1. The fourth-order valence-electron chi connectivity index (χ4n) is 5.19. The summed E-state index contributed by atoms with van der Waals surface area (Å²) in [5.74, 6) is 0.937. The number of aryl methyl sites for hydroxylation is 1. The van der Waals surface area contributed by atoms with Crippen LogP contribution in [0.1, 0.15) is 58.9 Å². The molecule has 1 aromatic rings. The molecular formula is C23H36N4O2S. The largest absolute Gasteiger partial charge is 0.398 e. The fraction of sp³-hybridized carbons (Fsp3) is 0.652. The number of benzene rings is 1. The van der Waals surface area contributed by atoms with Crippen molar-refractivity contribution in [3.63, 3.8) is 0 Å². The summed E-state index contributed by atoms with van der Waals surface area (Å²) in [5.41, 5.74) is 12.3. The van der Waals surface area contributed by atoms with Gasteiger partial charge in [0, 0.05) is 22.0 Å². The van der Waals surface area contributed by atoms with Crippen LogP contribution in [0.2, 0.25) is 0 Å². The lowest BCUT2D eigenvalue weighted by atomic mass is 9.57. The highest BCUT2D eigenvalue weighted by molar-refractivity contribution is 7.97. The fourth-order valence-corrected chi connectivity index (χ4v) is 5.98. The number of anilines is 1. The summed E-state index contributed by atoms with van der Waals surface area (Å²) < 4.78 is 3.29. The molecule has 166 valence electrons. The highest BCUT2D eigenvalue weighted by Crippen LogP contribution is 2.50. The third-order valence-corrected chi connectivity index (χ3v) is 8.15. The molecule has 0 aromatic heterocycles. The van der Waals surface area contributed by atoms with Gasteiger partial charge < -0.3 is 16.8 Å². The summed E-state index contributed by atoms with van der Waals surface area (Å²) in [7, 11) is 0. The summed E-state index contributed by atoms with van der Waals surface area (Å²) >= 11 is 1.41.